The highest BCUT2D eigenvalue weighted by Crippen LogP contribution is 2.30. The summed E-state index contributed by atoms with van der Waals surface area (Å²) in [7, 11) is -0.0334. The van der Waals surface area contributed by atoms with E-state index in [1.165, 1.54) is 33.3 Å². The van der Waals surface area contributed by atoms with E-state index in [1.807, 2.05) is 0 Å². The number of fused-ring (bicyclic) bond motifs is 1. The molecule has 0 radical (unpaired) electrons. The molecule has 0 saturated carbocycles. The molecule has 0 aliphatic heterocycles. The summed E-state index contributed by atoms with van der Waals surface area (Å²) in [5.41, 5.74) is 0.266. The third kappa shape index (κ3) is 2.83. The maximum absolute atomic E-state index is 13.4. The van der Waals surface area contributed by atoms with Gasteiger partial charge in [0, 0.05) is 25.0 Å². The quantitative estimate of drug-likeness (QED) is 0.832. The highest BCUT2D eigenvalue weighted by Gasteiger charge is 2.23. The van der Waals surface area contributed by atoms with Gasteiger partial charge in [-0.2, -0.15) is 12.7 Å². The fourth-order valence-corrected chi connectivity index (χ4v) is 2.40. The molecule has 0 unspecified atom stereocenters. The van der Waals surface area contributed by atoms with Gasteiger partial charge < -0.3 is 9.72 Å². The lowest BCUT2D eigenvalue weighted by atomic mass is 10.2. The Morgan fingerprint density at radius 3 is 2.62 bits per heavy atom. The molecular weight excluding hydrogens is 301 g/mol. The number of benzene rings is 1. The van der Waals surface area contributed by atoms with E-state index in [9.17, 15) is 17.6 Å². The number of aromatic amines is 1. The number of aromatic nitrogens is 1. The number of rotatable bonds is 4. The van der Waals surface area contributed by atoms with Crippen LogP contribution in [0.5, 0.6) is 0 Å². The molecule has 0 atom stereocenters. The van der Waals surface area contributed by atoms with Crippen LogP contribution in [0, 0.1) is 5.82 Å². The van der Waals surface area contributed by atoms with Gasteiger partial charge in [0.25, 0.3) is 0 Å². The number of hydrogen-bond donors (Lipinski definition) is 2. The number of halogens is 1. The zero-order chi connectivity index (χ0) is 15.8. The van der Waals surface area contributed by atoms with Crippen molar-refractivity contribution in [3.63, 3.8) is 0 Å². The summed E-state index contributed by atoms with van der Waals surface area (Å²) in [5, 5.41) is 0.237. The highest BCUT2D eigenvalue weighted by atomic mass is 32.2. The first-order valence-corrected chi connectivity index (χ1v) is 7.30. The van der Waals surface area contributed by atoms with Crippen LogP contribution >= 0.6 is 0 Å². The van der Waals surface area contributed by atoms with E-state index >= 15 is 0 Å². The van der Waals surface area contributed by atoms with Gasteiger partial charge in [0.05, 0.1) is 12.8 Å². The summed E-state index contributed by atoms with van der Waals surface area (Å²) in [4.78, 5) is 14.5. The van der Waals surface area contributed by atoms with Gasteiger partial charge in [-0.1, -0.05) is 0 Å². The average Bonchev–Trinajstić information content (AvgIpc) is 2.75. The number of anilines is 1. The number of nitrogens with zero attached hydrogens (tertiary/aromatic N) is 1. The second kappa shape index (κ2) is 5.34. The fourth-order valence-electron chi connectivity index (χ4n) is 1.75. The molecule has 9 heteroatoms. The van der Waals surface area contributed by atoms with Crippen LogP contribution in [0.1, 0.15) is 10.5 Å². The molecule has 2 rings (SSSR count). The Morgan fingerprint density at radius 1 is 1.38 bits per heavy atom. The van der Waals surface area contributed by atoms with Crippen molar-refractivity contribution in [2.75, 3.05) is 25.9 Å². The molecule has 0 amide bonds. The number of hydrogen-bond acceptors (Lipinski definition) is 4. The van der Waals surface area contributed by atoms with Gasteiger partial charge in [0.2, 0.25) is 0 Å². The Labute approximate surface area is 120 Å². The van der Waals surface area contributed by atoms with Crippen LogP contribution in [0.15, 0.2) is 18.2 Å². The highest BCUT2D eigenvalue weighted by molar-refractivity contribution is 7.90. The molecule has 0 fully saturated rings. The maximum Gasteiger partial charge on any atom is 0.356 e. The van der Waals surface area contributed by atoms with E-state index in [0.717, 1.165) is 10.4 Å². The van der Waals surface area contributed by atoms with E-state index < -0.39 is 22.0 Å². The summed E-state index contributed by atoms with van der Waals surface area (Å²) >= 11 is 0. The second-order valence-electron chi connectivity index (χ2n) is 4.45. The molecule has 0 aliphatic carbocycles. The Balaban J connectivity index is 2.68. The van der Waals surface area contributed by atoms with Crippen LogP contribution < -0.4 is 4.72 Å². The monoisotopic (exact) mass is 315 g/mol. The Morgan fingerprint density at radius 2 is 2.05 bits per heavy atom. The Hall–Kier alpha value is -2.13. The summed E-state index contributed by atoms with van der Waals surface area (Å²) in [6.07, 6.45) is 0. The zero-order valence-electron chi connectivity index (χ0n) is 11.6. The molecule has 7 nitrogen and oxygen atoms in total. The summed E-state index contributed by atoms with van der Waals surface area (Å²) < 4.78 is 45.1. The van der Waals surface area contributed by atoms with Gasteiger partial charge in [-0.15, -0.1) is 0 Å². The molecule has 0 saturated heterocycles. The predicted molar refractivity (Wildman–Crippen MR) is 75.8 cm³/mol. The number of H-pyrrole nitrogens is 1. The number of carbonyl (C=O) groups is 1. The lowest BCUT2D eigenvalue weighted by Crippen LogP contribution is -2.29. The van der Waals surface area contributed by atoms with Crippen molar-refractivity contribution >= 4 is 32.8 Å². The van der Waals surface area contributed by atoms with Crippen LogP contribution in [0.2, 0.25) is 0 Å². The number of esters is 1. The first kappa shape index (κ1) is 15.3. The van der Waals surface area contributed by atoms with E-state index in [1.54, 1.807) is 0 Å². The van der Waals surface area contributed by atoms with Crippen molar-refractivity contribution in [1.82, 2.24) is 9.29 Å². The van der Waals surface area contributed by atoms with E-state index in [4.69, 9.17) is 0 Å². The summed E-state index contributed by atoms with van der Waals surface area (Å²) in [6, 6.07) is 3.74. The minimum Gasteiger partial charge on any atom is -0.464 e. The third-order valence-corrected chi connectivity index (χ3v) is 4.29. The van der Waals surface area contributed by atoms with Crippen molar-refractivity contribution in [3.05, 3.63) is 29.7 Å². The minimum absolute atomic E-state index is 0.0509. The molecule has 1 heterocycles. The lowest BCUT2D eigenvalue weighted by Gasteiger charge is -2.13. The van der Waals surface area contributed by atoms with E-state index in [0.29, 0.717) is 5.52 Å². The van der Waals surface area contributed by atoms with Crippen LogP contribution in [0.3, 0.4) is 0 Å². The molecule has 0 bridgehead atoms. The molecule has 21 heavy (non-hydrogen) atoms. The van der Waals surface area contributed by atoms with Gasteiger partial charge >= 0.3 is 16.2 Å². The second-order valence-corrected chi connectivity index (χ2v) is 6.33. The summed E-state index contributed by atoms with van der Waals surface area (Å²) in [6.45, 7) is 0. The van der Waals surface area contributed by atoms with Gasteiger partial charge in [-0.3, -0.25) is 4.72 Å². The molecule has 1 aromatic carbocycles. The van der Waals surface area contributed by atoms with Crippen molar-refractivity contribution in [3.8, 4) is 0 Å². The number of ether oxygens (including phenoxy) is 1. The average molecular weight is 315 g/mol. The maximum atomic E-state index is 13.4. The first-order valence-electron chi connectivity index (χ1n) is 5.86. The normalized spacial score (nSPS) is 11.9. The molecule has 2 N–H and O–H groups in total. The van der Waals surface area contributed by atoms with E-state index in [2.05, 4.69) is 14.4 Å². The standard InChI is InChI=1S/C12H14FN3O4S/c1-16(2)21(18,19)15-10-8-6-7(13)4-5-9(8)14-11(10)12(17)20-3/h4-6,14-15H,1-3H3. The van der Waals surface area contributed by atoms with Crippen molar-refractivity contribution in [1.29, 1.82) is 0 Å². The Bertz CT molecular complexity index is 798. The van der Waals surface area contributed by atoms with Gasteiger partial charge in [-0.25, -0.2) is 9.18 Å². The smallest absolute Gasteiger partial charge is 0.356 e. The van der Waals surface area contributed by atoms with Gasteiger partial charge in [0.15, 0.2) is 5.69 Å². The third-order valence-electron chi connectivity index (χ3n) is 2.86. The first-order chi connectivity index (χ1) is 9.76. The van der Waals surface area contributed by atoms with Crippen LogP contribution in [-0.2, 0) is 14.9 Å². The molecular formula is C12H14FN3O4S. The SMILES string of the molecule is COC(=O)c1[nH]c2ccc(F)cc2c1NS(=O)(=O)N(C)C. The molecule has 0 aliphatic rings. The zero-order valence-corrected chi connectivity index (χ0v) is 12.4. The van der Waals surface area contributed by atoms with Crippen molar-refractivity contribution < 1.29 is 22.3 Å². The van der Waals surface area contributed by atoms with Crippen molar-refractivity contribution in [2.45, 2.75) is 0 Å². The molecule has 1 aromatic heterocycles. The number of methoxy groups -OCH3 is 1. The largest absolute Gasteiger partial charge is 0.464 e. The summed E-state index contributed by atoms with van der Waals surface area (Å²) in [5.74, 6) is -1.31. The van der Waals surface area contributed by atoms with Gasteiger partial charge in [0.1, 0.15) is 5.82 Å². The predicted octanol–water partition coefficient (Wildman–Crippen LogP) is 1.31. The lowest BCUT2D eigenvalue weighted by molar-refractivity contribution is 0.0596. The van der Waals surface area contributed by atoms with Crippen molar-refractivity contribution in [2.24, 2.45) is 0 Å². The molecule has 2 aromatic rings. The molecule has 0 spiro atoms. The number of carbonyl (C=O) groups excluding carboxylic acids is 1. The minimum atomic E-state index is -3.86. The number of nitrogens with one attached hydrogen (secondary N) is 2. The topological polar surface area (TPSA) is 91.5 Å². The fraction of sp³-hybridized carbons (Fsp3) is 0.250. The van der Waals surface area contributed by atoms with Crippen LogP contribution in [-0.4, -0.2) is 44.9 Å². The van der Waals surface area contributed by atoms with Crippen LogP contribution in [0.25, 0.3) is 10.9 Å². The van der Waals surface area contributed by atoms with E-state index in [-0.39, 0.29) is 16.8 Å². The van der Waals surface area contributed by atoms with Crippen LogP contribution in [0.4, 0.5) is 10.1 Å². The Kier molecular flexibility index (Phi) is 3.88. The van der Waals surface area contributed by atoms with Gasteiger partial charge in [-0.05, 0) is 18.2 Å². The molecule has 114 valence electrons.